The van der Waals surface area contributed by atoms with E-state index < -0.39 is 0 Å². The van der Waals surface area contributed by atoms with E-state index in [0.717, 1.165) is 30.9 Å². The summed E-state index contributed by atoms with van der Waals surface area (Å²) in [6, 6.07) is 12.6. The van der Waals surface area contributed by atoms with Crippen LogP contribution in [0.3, 0.4) is 0 Å². The molecular weight excluding hydrogens is 255 g/mol. The minimum Gasteiger partial charge on any atom is -0.369 e. The van der Waals surface area contributed by atoms with Gasteiger partial charge in [0, 0.05) is 25.8 Å². The molecule has 0 aliphatic carbocycles. The molecule has 3 rings (SSSR count). The van der Waals surface area contributed by atoms with E-state index >= 15 is 0 Å². The Hall–Kier alpha value is -1.78. The van der Waals surface area contributed by atoms with Gasteiger partial charge in [-0.2, -0.15) is 0 Å². The molecule has 1 aliphatic rings. The third-order valence-corrected chi connectivity index (χ3v) is 3.49. The number of benzene rings is 1. The lowest BCUT2D eigenvalue weighted by Crippen LogP contribution is -2.38. The van der Waals surface area contributed by atoms with Crippen LogP contribution in [0.25, 0.3) is 0 Å². The molecule has 1 unspecified atom stereocenters. The van der Waals surface area contributed by atoms with Gasteiger partial charge in [0.15, 0.2) is 0 Å². The van der Waals surface area contributed by atoms with Gasteiger partial charge >= 0.3 is 0 Å². The third kappa shape index (κ3) is 3.21. The van der Waals surface area contributed by atoms with E-state index in [1.54, 1.807) is 6.20 Å². The van der Waals surface area contributed by atoms with Crippen molar-refractivity contribution in [1.29, 1.82) is 0 Å². The molecule has 1 aliphatic heterocycles. The quantitative estimate of drug-likeness (QED) is 0.859. The van der Waals surface area contributed by atoms with Crippen molar-refractivity contribution < 1.29 is 9.13 Å². The Morgan fingerprint density at radius 2 is 2.05 bits per heavy atom. The van der Waals surface area contributed by atoms with E-state index in [9.17, 15) is 4.39 Å². The number of ether oxygens (including phenoxy) is 1. The lowest BCUT2D eigenvalue weighted by Gasteiger charge is -2.32. The van der Waals surface area contributed by atoms with Crippen LogP contribution in [0, 0.1) is 5.82 Å². The number of hydrogen-bond donors (Lipinski definition) is 0. The highest BCUT2D eigenvalue weighted by Gasteiger charge is 2.22. The zero-order valence-corrected chi connectivity index (χ0v) is 11.2. The molecule has 20 heavy (non-hydrogen) atoms. The van der Waals surface area contributed by atoms with Crippen LogP contribution in [0.4, 0.5) is 4.39 Å². The fraction of sp³-hybridized carbons (Fsp3) is 0.312. The van der Waals surface area contributed by atoms with Gasteiger partial charge < -0.3 is 4.74 Å². The first kappa shape index (κ1) is 13.2. The van der Waals surface area contributed by atoms with Gasteiger partial charge in [0.1, 0.15) is 11.9 Å². The molecule has 2 heterocycles. The van der Waals surface area contributed by atoms with Crippen LogP contribution in [-0.4, -0.2) is 29.6 Å². The Kier molecular flexibility index (Phi) is 4.04. The SMILES string of the molecule is Fc1ccc(CN2CCOC(c3ccccn3)C2)cc1. The van der Waals surface area contributed by atoms with Crippen molar-refractivity contribution in [3.63, 3.8) is 0 Å². The highest BCUT2D eigenvalue weighted by atomic mass is 19.1. The van der Waals surface area contributed by atoms with E-state index in [1.165, 1.54) is 12.1 Å². The minimum atomic E-state index is -0.193. The summed E-state index contributed by atoms with van der Waals surface area (Å²) in [6.45, 7) is 3.21. The molecule has 1 saturated heterocycles. The second-order valence-electron chi connectivity index (χ2n) is 4.98. The zero-order chi connectivity index (χ0) is 13.8. The first-order valence-electron chi connectivity index (χ1n) is 6.80. The standard InChI is InChI=1S/C16H17FN2O/c17-14-6-4-13(5-7-14)11-19-9-10-20-16(12-19)15-3-1-2-8-18-15/h1-8,16H,9-12H2. The maximum absolute atomic E-state index is 12.9. The Balaban J connectivity index is 1.65. The predicted octanol–water partition coefficient (Wildman–Crippen LogP) is 2.79. The summed E-state index contributed by atoms with van der Waals surface area (Å²) in [6.07, 6.45) is 1.81. The van der Waals surface area contributed by atoms with Crippen molar-refractivity contribution in [2.75, 3.05) is 19.7 Å². The molecule has 0 spiro atoms. The second kappa shape index (κ2) is 6.11. The van der Waals surface area contributed by atoms with Gasteiger partial charge in [-0.25, -0.2) is 4.39 Å². The largest absolute Gasteiger partial charge is 0.369 e. The minimum absolute atomic E-state index is 0.0189. The van der Waals surface area contributed by atoms with Crippen molar-refractivity contribution in [3.8, 4) is 0 Å². The Bertz CT molecular complexity index is 544. The summed E-state index contributed by atoms with van der Waals surface area (Å²) >= 11 is 0. The Labute approximate surface area is 118 Å². The van der Waals surface area contributed by atoms with Crippen molar-refractivity contribution in [2.24, 2.45) is 0 Å². The molecule has 1 fully saturated rings. The van der Waals surface area contributed by atoms with Gasteiger partial charge in [-0.3, -0.25) is 9.88 Å². The van der Waals surface area contributed by atoms with Crippen LogP contribution >= 0.6 is 0 Å². The van der Waals surface area contributed by atoms with Gasteiger partial charge in [0.25, 0.3) is 0 Å². The first-order valence-corrected chi connectivity index (χ1v) is 6.80. The molecule has 0 bridgehead atoms. The summed E-state index contributed by atoms with van der Waals surface area (Å²) < 4.78 is 18.7. The molecule has 1 atom stereocenters. The highest BCUT2D eigenvalue weighted by molar-refractivity contribution is 5.16. The molecule has 104 valence electrons. The maximum atomic E-state index is 12.9. The van der Waals surface area contributed by atoms with E-state index in [2.05, 4.69) is 9.88 Å². The molecule has 1 aromatic carbocycles. The average molecular weight is 272 g/mol. The molecule has 0 N–H and O–H groups in total. The zero-order valence-electron chi connectivity index (χ0n) is 11.2. The van der Waals surface area contributed by atoms with Gasteiger partial charge in [-0.1, -0.05) is 18.2 Å². The number of halogens is 1. The number of aromatic nitrogens is 1. The topological polar surface area (TPSA) is 25.4 Å². The summed E-state index contributed by atoms with van der Waals surface area (Å²) in [4.78, 5) is 6.67. The highest BCUT2D eigenvalue weighted by Crippen LogP contribution is 2.21. The van der Waals surface area contributed by atoms with Gasteiger partial charge in [-0.05, 0) is 29.8 Å². The monoisotopic (exact) mass is 272 g/mol. The average Bonchev–Trinajstić information content (AvgIpc) is 2.51. The molecule has 1 aromatic heterocycles. The van der Waals surface area contributed by atoms with Crippen molar-refractivity contribution in [3.05, 3.63) is 65.7 Å². The number of rotatable bonds is 3. The fourth-order valence-corrected chi connectivity index (χ4v) is 2.44. The van der Waals surface area contributed by atoms with Crippen LogP contribution in [0.15, 0.2) is 48.7 Å². The predicted molar refractivity (Wildman–Crippen MR) is 74.6 cm³/mol. The Morgan fingerprint density at radius 1 is 1.20 bits per heavy atom. The molecule has 2 aromatic rings. The number of pyridine rings is 1. The molecule has 0 amide bonds. The van der Waals surface area contributed by atoms with E-state index in [0.29, 0.717) is 6.61 Å². The van der Waals surface area contributed by atoms with Gasteiger partial charge in [0.2, 0.25) is 0 Å². The first-order chi connectivity index (χ1) is 9.81. The van der Waals surface area contributed by atoms with E-state index in [1.807, 2.05) is 30.3 Å². The van der Waals surface area contributed by atoms with E-state index in [-0.39, 0.29) is 11.9 Å². The lowest BCUT2D eigenvalue weighted by molar-refractivity contribution is -0.0349. The molecule has 0 radical (unpaired) electrons. The van der Waals surface area contributed by atoms with Crippen LogP contribution in [0.5, 0.6) is 0 Å². The fourth-order valence-electron chi connectivity index (χ4n) is 2.44. The van der Waals surface area contributed by atoms with E-state index in [4.69, 9.17) is 4.74 Å². The van der Waals surface area contributed by atoms with Crippen molar-refractivity contribution in [2.45, 2.75) is 12.6 Å². The van der Waals surface area contributed by atoms with Gasteiger partial charge in [0.05, 0.1) is 12.3 Å². The maximum Gasteiger partial charge on any atom is 0.123 e. The molecule has 4 heteroatoms. The summed E-state index contributed by atoms with van der Waals surface area (Å²) in [5, 5.41) is 0. The smallest absolute Gasteiger partial charge is 0.123 e. The third-order valence-electron chi connectivity index (χ3n) is 3.49. The second-order valence-corrected chi connectivity index (χ2v) is 4.98. The van der Waals surface area contributed by atoms with Crippen LogP contribution in [-0.2, 0) is 11.3 Å². The number of morpholine rings is 1. The van der Waals surface area contributed by atoms with Crippen LogP contribution < -0.4 is 0 Å². The summed E-state index contributed by atoms with van der Waals surface area (Å²) in [5.41, 5.74) is 2.09. The summed E-state index contributed by atoms with van der Waals surface area (Å²) in [5.74, 6) is -0.193. The normalized spacial score (nSPS) is 19.9. The lowest BCUT2D eigenvalue weighted by atomic mass is 10.1. The van der Waals surface area contributed by atoms with Crippen molar-refractivity contribution in [1.82, 2.24) is 9.88 Å². The molecule has 0 saturated carbocycles. The van der Waals surface area contributed by atoms with Gasteiger partial charge in [-0.15, -0.1) is 0 Å². The van der Waals surface area contributed by atoms with Crippen LogP contribution in [0.1, 0.15) is 17.4 Å². The summed E-state index contributed by atoms with van der Waals surface area (Å²) in [7, 11) is 0. The number of nitrogens with zero attached hydrogens (tertiary/aromatic N) is 2. The number of hydrogen-bond acceptors (Lipinski definition) is 3. The Morgan fingerprint density at radius 3 is 2.80 bits per heavy atom. The molecular formula is C16H17FN2O. The van der Waals surface area contributed by atoms with Crippen LogP contribution in [0.2, 0.25) is 0 Å². The van der Waals surface area contributed by atoms with Crippen molar-refractivity contribution >= 4 is 0 Å². The molecule has 3 nitrogen and oxygen atoms in total.